The molecule has 0 unspecified atom stereocenters. The normalized spacial score (nSPS) is 14.4. The third-order valence-electron chi connectivity index (χ3n) is 10.8. The van der Waals surface area contributed by atoms with Crippen LogP contribution >= 0.6 is 70.6 Å². The van der Waals surface area contributed by atoms with Gasteiger partial charge >= 0.3 is 0 Å². The molecule has 2 aliphatic heterocycles. The van der Waals surface area contributed by atoms with Crippen LogP contribution in [0, 0.1) is 0 Å². The van der Waals surface area contributed by atoms with Crippen molar-refractivity contribution in [1.82, 2.24) is 10.6 Å². The van der Waals surface area contributed by atoms with E-state index in [1.807, 2.05) is 60.9 Å². The fraction of sp³-hybridized carbons (Fsp3) is 0.833. The zero-order chi connectivity index (χ0) is 41.7. The molecule has 0 aliphatic carbocycles. The molecule has 0 saturated carbocycles. The van der Waals surface area contributed by atoms with E-state index in [0.717, 1.165) is 4.24 Å². The summed E-state index contributed by atoms with van der Waals surface area (Å²) in [5.74, 6) is 2.04. The Hall–Kier alpha value is 0.260. The number of nitrogens with one attached hydrogen (secondary N) is 2. The zero-order valence-corrected chi connectivity index (χ0v) is 42.6. The predicted octanol–water partition coefficient (Wildman–Crippen LogP) is 17.7. The van der Waals surface area contributed by atoms with Gasteiger partial charge in [-0.2, -0.15) is 0 Å². The van der Waals surface area contributed by atoms with Crippen LogP contribution in [0.2, 0.25) is 0 Å². The van der Waals surface area contributed by atoms with Crippen molar-refractivity contribution >= 4 is 82.4 Å². The monoisotopic (exact) mass is 915 g/mol. The van der Waals surface area contributed by atoms with Crippen molar-refractivity contribution in [1.29, 1.82) is 0 Å². The van der Waals surface area contributed by atoms with Gasteiger partial charge in [0.05, 0.1) is 26.8 Å². The van der Waals surface area contributed by atoms with E-state index in [1.54, 1.807) is 0 Å². The minimum Gasteiger partial charge on any atom is -0.352 e. The molecule has 0 spiro atoms. The molecule has 0 saturated heterocycles. The molecule has 4 nitrogen and oxygen atoms in total. The summed E-state index contributed by atoms with van der Waals surface area (Å²) in [5.41, 5.74) is 0. The van der Waals surface area contributed by atoms with Crippen LogP contribution in [0.1, 0.15) is 233 Å². The molecule has 2 aliphatic rings. The number of thioether (sulfide) groups is 6. The predicted molar refractivity (Wildman–Crippen MR) is 273 cm³/mol. The van der Waals surface area contributed by atoms with Gasteiger partial charge < -0.3 is 10.6 Å². The third-order valence-corrected chi connectivity index (χ3v) is 19.7. The number of rotatable bonds is 40. The van der Waals surface area contributed by atoms with Crippen molar-refractivity contribution in [2.75, 3.05) is 24.6 Å². The number of carbonyl (C=O) groups excluding carboxylic acids is 2. The summed E-state index contributed by atoms with van der Waals surface area (Å²) < 4.78 is 5.18. The smallest absolute Gasteiger partial charge is 0.259 e. The highest BCUT2D eigenvalue weighted by atomic mass is 32.3. The fourth-order valence-electron chi connectivity index (χ4n) is 7.33. The Morgan fingerprint density at radius 1 is 0.362 bits per heavy atom. The van der Waals surface area contributed by atoms with E-state index in [0.29, 0.717) is 22.9 Å². The van der Waals surface area contributed by atoms with Crippen molar-refractivity contribution in [3.8, 4) is 0 Å². The molecular formula is C48H86N2O2S6. The second kappa shape index (κ2) is 38.9. The maximum absolute atomic E-state index is 13.0. The molecule has 0 aromatic heterocycles. The number of carbonyl (C=O) groups is 2. The summed E-state index contributed by atoms with van der Waals surface area (Å²) in [7, 11) is 0. The van der Waals surface area contributed by atoms with Gasteiger partial charge in [0, 0.05) is 13.1 Å². The van der Waals surface area contributed by atoms with Gasteiger partial charge in [0.25, 0.3) is 11.8 Å². The number of hydrogen-bond donors (Lipinski definition) is 2. The number of likely N-dealkylation sites (N-methyl/N-ethyl adjacent to an activating group) is 2. The van der Waals surface area contributed by atoms with E-state index < -0.39 is 0 Å². The SMILES string of the molecule is CCCCCCCCCCCCCCCCCCSC1=C(SCCCCCCCCCCCCCCCCCC)SC(=C2SC(C(=O)NCC)=C(C(=O)NCC)S2)S1. The Morgan fingerprint density at radius 3 is 0.862 bits per heavy atom. The average molecular weight is 916 g/mol. The van der Waals surface area contributed by atoms with Crippen LogP contribution < -0.4 is 10.6 Å². The average Bonchev–Trinajstić information content (AvgIpc) is 3.85. The lowest BCUT2D eigenvalue weighted by Crippen LogP contribution is -2.27. The van der Waals surface area contributed by atoms with Crippen molar-refractivity contribution in [2.45, 2.75) is 233 Å². The Balaban J connectivity index is 1.72. The van der Waals surface area contributed by atoms with Crippen LogP contribution in [0.5, 0.6) is 0 Å². The van der Waals surface area contributed by atoms with Gasteiger partial charge in [0.1, 0.15) is 0 Å². The summed E-state index contributed by atoms with van der Waals surface area (Å²) in [6.45, 7) is 9.55. The fourth-order valence-corrected chi connectivity index (χ4v) is 16.1. The first kappa shape index (κ1) is 54.4. The molecule has 2 rings (SSSR count). The van der Waals surface area contributed by atoms with Gasteiger partial charge in [-0.25, -0.2) is 0 Å². The van der Waals surface area contributed by atoms with E-state index >= 15 is 0 Å². The van der Waals surface area contributed by atoms with Crippen molar-refractivity contribution < 1.29 is 9.59 Å². The summed E-state index contributed by atoms with van der Waals surface area (Å²) >= 11 is 10.8. The van der Waals surface area contributed by atoms with Crippen LogP contribution in [-0.2, 0) is 9.59 Å². The summed E-state index contributed by atoms with van der Waals surface area (Å²) in [6, 6.07) is 0. The Bertz CT molecular complexity index is 1090. The van der Waals surface area contributed by atoms with E-state index in [-0.39, 0.29) is 11.8 Å². The summed E-state index contributed by atoms with van der Waals surface area (Å²) in [6.07, 6.45) is 44.9. The van der Waals surface area contributed by atoms with Crippen LogP contribution in [0.25, 0.3) is 0 Å². The third kappa shape index (κ3) is 26.7. The molecule has 2 N–H and O–H groups in total. The lowest BCUT2D eigenvalue weighted by atomic mass is 10.0. The molecule has 2 heterocycles. The van der Waals surface area contributed by atoms with Gasteiger partial charge in [0.15, 0.2) is 0 Å². The second-order valence-corrected chi connectivity index (χ2v) is 23.6. The first-order chi connectivity index (χ1) is 28.5. The summed E-state index contributed by atoms with van der Waals surface area (Å²) in [5, 5.41) is 5.85. The zero-order valence-electron chi connectivity index (χ0n) is 37.7. The molecule has 336 valence electrons. The van der Waals surface area contributed by atoms with Crippen LogP contribution in [0.4, 0.5) is 0 Å². The Morgan fingerprint density at radius 2 is 0.603 bits per heavy atom. The minimum absolute atomic E-state index is 0.144. The molecule has 0 bridgehead atoms. The lowest BCUT2D eigenvalue weighted by Gasteiger charge is -2.06. The maximum Gasteiger partial charge on any atom is 0.259 e. The van der Waals surface area contributed by atoms with E-state index in [4.69, 9.17) is 0 Å². The molecule has 58 heavy (non-hydrogen) atoms. The second-order valence-electron chi connectivity index (χ2n) is 16.2. The van der Waals surface area contributed by atoms with Crippen LogP contribution in [0.3, 0.4) is 0 Å². The van der Waals surface area contributed by atoms with Crippen LogP contribution in [-0.4, -0.2) is 36.4 Å². The number of amides is 2. The molecule has 0 aromatic carbocycles. The largest absolute Gasteiger partial charge is 0.352 e. The van der Waals surface area contributed by atoms with E-state index in [1.165, 1.54) is 253 Å². The highest BCUT2D eigenvalue weighted by Gasteiger charge is 2.35. The van der Waals surface area contributed by atoms with Gasteiger partial charge in [-0.3, -0.25) is 9.59 Å². The molecular weight excluding hydrogens is 829 g/mol. The van der Waals surface area contributed by atoms with Gasteiger partial charge in [-0.05, 0) is 38.2 Å². The first-order valence-electron chi connectivity index (χ1n) is 24.3. The van der Waals surface area contributed by atoms with Crippen molar-refractivity contribution in [3.05, 3.63) is 26.8 Å². The minimum atomic E-state index is -0.144. The molecule has 0 fully saturated rings. The molecule has 0 atom stereocenters. The maximum atomic E-state index is 13.0. The molecule has 2 amide bonds. The molecule has 0 aromatic rings. The van der Waals surface area contributed by atoms with Crippen molar-refractivity contribution in [3.63, 3.8) is 0 Å². The molecule has 0 radical (unpaired) electrons. The molecule has 10 heteroatoms. The first-order valence-corrected chi connectivity index (χ1v) is 29.5. The van der Waals surface area contributed by atoms with Gasteiger partial charge in [0.2, 0.25) is 0 Å². The van der Waals surface area contributed by atoms with E-state index in [9.17, 15) is 9.59 Å². The number of unbranched alkanes of at least 4 members (excludes halogenated alkanes) is 30. The van der Waals surface area contributed by atoms with E-state index in [2.05, 4.69) is 24.5 Å². The Labute approximate surface area is 384 Å². The lowest BCUT2D eigenvalue weighted by molar-refractivity contribution is -0.119. The number of hydrogen-bond acceptors (Lipinski definition) is 8. The van der Waals surface area contributed by atoms with Gasteiger partial charge in [-0.1, -0.05) is 254 Å². The highest BCUT2D eigenvalue weighted by Crippen LogP contribution is 2.63. The topological polar surface area (TPSA) is 58.2 Å². The Kier molecular flexibility index (Phi) is 36.5. The standard InChI is InChI=1S/C48H86N2O2S6/c1-5-9-11-13-15-17-19-21-23-25-27-29-31-33-35-37-39-53-45-46(54-40-38-36-34-32-30-28-26-24-22-20-18-16-14-12-10-6-2)58-48(57-45)47-55-41(43(51)49-7-3)42(56-47)44(52)50-8-4/h5-40H2,1-4H3,(H,49,51)(H,50,52). The summed E-state index contributed by atoms with van der Waals surface area (Å²) in [4.78, 5) is 27.0. The quantitative estimate of drug-likeness (QED) is 0.0590. The van der Waals surface area contributed by atoms with Crippen molar-refractivity contribution in [2.24, 2.45) is 0 Å². The highest BCUT2D eigenvalue weighted by molar-refractivity contribution is 8.42. The van der Waals surface area contributed by atoms with Crippen LogP contribution in [0.15, 0.2) is 26.8 Å². The van der Waals surface area contributed by atoms with Gasteiger partial charge in [-0.15, -0.1) is 23.5 Å².